The average molecular weight is 492 g/mol. The lowest BCUT2D eigenvalue weighted by atomic mass is 10.3. The first kappa shape index (κ1) is 25.3. The molecule has 3 N–H and O–H groups in total. The Hall–Kier alpha value is -3.01. The van der Waals surface area contributed by atoms with E-state index in [-0.39, 0.29) is 31.0 Å². The summed E-state index contributed by atoms with van der Waals surface area (Å²) < 4.78 is 78.6. The van der Waals surface area contributed by atoms with Crippen molar-refractivity contribution in [2.24, 2.45) is 0 Å². The van der Waals surface area contributed by atoms with E-state index in [1.165, 1.54) is 12.1 Å². The van der Waals surface area contributed by atoms with Crippen LogP contribution in [0.3, 0.4) is 0 Å². The number of non-ortho nitro benzene ring substituents is 1. The van der Waals surface area contributed by atoms with Gasteiger partial charge < -0.3 is 5.32 Å². The molecule has 11 nitrogen and oxygen atoms in total. The largest absolute Gasteiger partial charge is 0.355 e. The zero-order valence-electron chi connectivity index (χ0n) is 16.2. The zero-order valence-corrected chi connectivity index (χ0v) is 17.9. The first-order valence-corrected chi connectivity index (χ1v) is 11.8. The average Bonchev–Trinajstić information content (AvgIpc) is 2.73. The van der Waals surface area contributed by atoms with E-state index in [1.807, 2.05) is 0 Å². The van der Waals surface area contributed by atoms with Crippen LogP contribution in [0.4, 0.5) is 14.5 Å². The van der Waals surface area contributed by atoms with Gasteiger partial charge in [0.15, 0.2) is 11.6 Å². The Morgan fingerprint density at radius 1 is 0.875 bits per heavy atom. The summed E-state index contributed by atoms with van der Waals surface area (Å²) in [5.74, 6) is -3.14. The van der Waals surface area contributed by atoms with E-state index in [9.17, 15) is 40.5 Å². The molecule has 0 bridgehead atoms. The number of carbonyl (C=O) groups excluding carboxylic acids is 1. The van der Waals surface area contributed by atoms with Gasteiger partial charge in [-0.15, -0.1) is 0 Å². The number of nitrogens with one attached hydrogen (secondary N) is 3. The highest BCUT2D eigenvalue weighted by atomic mass is 32.2. The number of carbonyl (C=O) groups is 1. The highest BCUT2D eigenvalue weighted by Crippen LogP contribution is 2.17. The van der Waals surface area contributed by atoms with Crippen LogP contribution in [0.1, 0.15) is 6.42 Å². The third kappa shape index (κ3) is 7.01. The Bertz CT molecular complexity index is 1220. The maximum atomic E-state index is 13.2. The maximum Gasteiger partial charge on any atom is 0.270 e. The van der Waals surface area contributed by atoms with Crippen LogP contribution >= 0.6 is 0 Å². The minimum absolute atomic E-state index is 0.136. The first-order chi connectivity index (χ1) is 14.9. The fourth-order valence-corrected chi connectivity index (χ4v) is 4.46. The van der Waals surface area contributed by atoms with Crippen LogP contribution in [-0.2, 0) is 24.8 Å². The lowest BCUT2D eigenvalue weighted by Gasteiger charge is -2.09. The van der Waals surface area contributed by atoms with Gasteiger partial charge in [0.1, 0.15) is 0 Å². The second-order valence-electron chi connectivity index (χ2n) is 6.23. The lowest BCUT2D eigenvalue weighted by molar-refractivity contribution is -0.385. The molecular formula is C17H18F2N4O7S2. The molecule has 0 spiro atoms. The Kier molecular flexibility index (Phi) is 8.31. The fraction of sp³-hybridized carbons (Fsp3) is 0.235. The van der Waals surface area contributed by atoms with E-state index in [1.54, 1.807) is 0 Å². The summed E-state index contributed by atoms with van der Waals surface area (Å²) in [5, 5.41) is 13.1. The number of hydrogen-bond acceptors (Lipinski definition) is 7. The summed E-state index contributed by atoms with van der Waals surface area (Å²) in [6.45, 7) is -0.702. The van der Waals surface area contributed by atoms with Crippen molar-refractivity contribution >= 4 is 31.6 Å². The summed E-state index contributed by atoms with van der Waals surface area (Å²) in [6, 6.07) is 6.45. The number of nitro benzene ring substituents is 1. The monoisotopic (exact) mass is 492 g/mol. The third-order valence-corrected chi connectivity index (χ3v) is 6.84. The normalized spacial score (nSPS) is 11.8. The van der Waals surface area contributed by atoms with Crippen molar-refractivity contribution in [2.45, 2.75) is 16.2 Å². The smallest absolute Gasteiger partial charge is 0.270 e. The fourth-order valence-electron chi connectivity index (χ4n) is 2.35. The van der Waals surface area contributed by atoms with Crippen molar-refractivity contribution in [3.05, 3.63) is 64.2 Å². The number of hydrogen-bond donors (Lipinski definition) is 3. The first-order valence-electron chi connectivity index (χ1n) is 8.88. The molecule has 15 heteroatoms. The van der Waals surface area contributed by atoms with E-state index in [0.29, 0.717) is 12.1 Å². The Morgan fingerprint density at radius 3 is 2.12 bits per heavy atom. The number of nitro groups is 1. The molecule has 0 saturated carbocycles. The van der Waals surface area contributed by atoms with Crippen molar-refractivity contribution in [2.75, 3.05) is 19.6 Å². The topological polar surface area (TPSA) is 165 Å². The Balaban J connectivity index is 1.77. The molecule has 0 aromatic heterocycles. The SMILES string of the molecule is O=C(CCNS(=O)(=O)c1ccc(F)c(F)c1)NCCNS(=O)(=O)c1cccc([N+](=O)[O-])c1. The highest BCUT2D eigenvalue weighted by molar-refractivity contribution is 7.89. The standard InChI is InChI=1S/C17H18F2N4O7S2/c18-15-5-4-14(11-16(15)19)32(29,30)21-7-6-17(24)20-8-9-22-31(27,28)13-3-1-2-12(10-13)23(25)26/h1-5,10-11,21-22H,6-9H2,(H,20,24). The molecule has 32 heavy (non-hydrogen) atoms. The molecule has 0 atom stereocenters. The van der Waals surface area contributed by atoms with Gasteiger partial charge in [-0.05, 0) is 24.3 Å². The number of benzene rings is 2. The molecule has 0 aliphatic heterocycles. The predicted octanol–water partition coefficient (Wildman–Crippen LogP) is 0.636. The van der Waals surface area contributed by atoms with Gasteiger partial charge in [0.2, 0.25) is 26.0 Å². The van der Waals surface area contributed by atoms with Gasteiger partial charge in [-0.25, -0.2) is 35.1 Å². The van der Waals surface area contributed by atoms with Crippen molar-refractivity contribution in [1.82, 2.24) is 14.8 Å². The summed E-state index contributed by atoms with van der Waals surface area (Å²) in [7, 11) is -8.20. The third-order valence-electron chi connectivity index (χ3n) is 3.92. The summed E-state index contributed by atoms with van der Waals surface area (Å²) in [5.41, 5.74) is -0.396. The second-order valence-corrected chi connectivity index (χ2v) is 9.76. The van der Waals surface area contributed by atoms with Crippen molar-refractivity contribution in [3.63, 3.8) is 0 Å². The Labute approximate surface area is 182 Å². The van der Waals surface area contributed by atoms with Gasteiger partial charge >= 0.3 is 0 Å². The van der Waals surface area contributed by atoms with Gasteiger partial charge in [0.05, 0.1) is 14.7 Å². The molecule has 0 unspecified atom stereocenters. The van der Waals surface area contributed by atoms with Crippen molar-refractivity contribution in [3.8, 4) is 0 Å². The van der Waals surface area contributed by atoms with E-state index < -0.39 is 53.1 Å². The molecule has 0 heterocycles. The molecular weight excluding hydrogens is 474 g/mol. The number of amides is 1. The van der Waals surface area contributed by atoms with E-state index in [0.717, 1.165) is 18.2 Å². The molecule has 174 valence electrons. The zero-order chi connectivity index (χ0) is 23.9. The van der Waals surface area contributed by atoms with Gasteiger partial charge in [-0.3, -0.25) is 14.9 Å². The molecule has 1 amide bonds. The van der Waals surface area contributed by atoms with Crippen LogP contribution in [-0.4, -0.2) is 47.3 Å². The number of halogens is 2. The maximum absolute atomic E-state index is 13.2. The summed E-state index contributed by atoms with van der Waals surface area (Å²) >= 11 is 0. The highest BCUT2D eigenvalue weighted by Gasteiger charge is 2.18. The van der Waals surface area contributed by atoms with Crippen LogP contribution in [0.5, 0.6) is 0 Å². The molecule has 2 aromatic carbocycles. The van der Waals surface area contributed by atoms with Crippen molar-refractivity contribution < 1.29 is 35.3 Å². The van der Waals surface area contributed by atoms with Crippen LogP contribution in [0, 0.1) is 21.7 Å². The van der Waals surface area contributed by atoms with Gasteiger partial charge in [-0.2, -0.15) is 0 Å². The summed E-state index contributed by atoms with van der Waals surface area (Å²) in [4.78, 5) is 21.0. The van der Waals surface area contributed by atoms with E-state index in [2.05, 4.69) is 14.8 Å². The van der Waals surface area contributed by atoms with Crippen LogP contribution in [0.15, 0.2) is 52.3 Å². The van der Waals surface area contributed by atoms with Gasteiger partial charge in [-0.1, -0.05) is 6.07 Å². The van der Waals surface area contributed by atoms with Gasteiger partial charge in [0.25, 0.3) is 5.69 Å². The molecule has 0 aliphatic carbocycles. The number of sulfonamides is 2. The van der Waals surface area contributed by atoms with Crippen LogP contribution in [0.25, 0.3) is 0 Å². The van der Waals surface area contributed by atoms with Crippen LogP contribution in [0.2, 0.25) is 0 Å². The minimum atomic E-state index is -4.16. The molecule has 0 radical (unpaired) electrons. The quantitative estimate of drug-likeness (QED) is 0.235. The van der Waals surface area contributed by atoms with E-state index in [4.69, 9.17) is 0 Å². The number of rotatable bonds is 11. The molecule has 0 saturated heterocycles. The van der Waals surface area contributed by atoms with E-state index >= 15 is 0 Å². The lowest BCUT2D eigenvalue weighted by Crippen LogP contribution is -2.36. The molecule has 0 aliphatic rings. The molecule has 0 fully saturated rings. The number of nitrogens with zero attached hydrogens (tertiary/aromatic N) is 1. The van der Waals surface area contributed by atoms with Crippen molar-refractivity contribution in [1.29, 1.82) is 0 Å². The van der Waals surface area contributed by atoms with Gasteiger partial charge in [0, 0.05) is 38.2 Å². The molecule has 2 rings (SSSR count). The summed E-state index contributed by atoms with van der Waals surface area (Å²) in [6.07, 6.45) is -0.305. The molecule has 2 aromatic rings. The Morgan fingerprint density at radius 2 is 1.50 bits per heavy atom. The minimum Gasteiger partial charge on any atom is -0.355 e. The predicted molar refractivity (Wildman–Crippen MR) is 107 cm³/mol. The van der Waals surface area contributed by atoms with Crippen LogP contribution < -0.4 is 14.8 Å². The second kappa shape index (κ2) is 10.5.